The van der Waals surface area contributed by atoms with Crippen molar-refractivity contribution >= 4 is 17.6 Å². The second-order valence-electron chi connectivity index (χ2n) is 3.24. The first kappa shape index (κ1) is 12.9. The molecule has 5 N–H and O–H groups in total. The highest BCUT2D eigenvalue weighted by Crippen LogP contribution is 2.02. The molecule has 0 unspecified atom stereocenters. The number of nitrogens with two attached hydrogens (primary N) is 2. The zero-order valence-electron chi connectivity index (χ0n) is 9.18. The van der Waals surface area contributed by atoms with E-state index >= 15 is 0 Å². The van der Waals surface area contributed by atoms with E-state index in [0.29, 0.717) is 5.56 Å². The molecule has 0 fully saturated rings. The van der Waals surface area contributed by atoms with Crippen LogP contribution < -0.4 is 16.8 Å². The molecule has 0 radical (unpaired) electrons. The largest absolute Gasteiger partial charge is 0.384 e. The molecule has 1 heterocycles. The van der Waals surface area contributed by atoms with Crippen LogP contribution >= 0.6 is 0 Å². The molecular formula is C10H14N4O3. The van der Waals surface area contributed by atoms with E-state index in [1.165, 1.54) is 12.3 Å². The summed E-state index contributed by atoms with van der Waals surface area (Å²) in [5, 5.41) is 2.60. The highest BCUT2D eigenvalue weighted by Gasteiger charge is 2.05. The summed E-state index contributed by atoms with van der Waals surface area (Å²) in [6, 6.07) is 3.02. The molecule has 0 atom stereocenters. The van der Waals surface area contributed by atoms with E-state index in [9.17, 15) is 9.59 Å². The van der Waals surface area contributed by atoms with Crippen LogP contribution in [0.1, 0.15) is 10.4 Å². The number of pyridine rings is 1. The summed E-state index contributed by atoms with van der Waals surface area (Å²) >= 11 is 0. The minimum Gasteiger partial charge on any atom is -0.384 e. The van der Waals surface area contributed by atoms with Crippen LogP contribution in [0.3, 0.4) is 0 Å². The zero-order valence-corrected chi connectivity index (χ0v) is 9.18. The summed E-state index contributed by atoms with van der Waals surface area (Å²) in [7, 11) is 0. The van der Waals surface area contributed by atoms with Crippen molar-refractivity contribution in [1.82, 2.24) is 10.3 Å². The molecule has 1 aromatic heterocycles. The molecule has 0 bridgehead atoms. The average molecular weight is 238 g/mol. The van der Waals surface area contributed by atoms with Crippen LogP contribution in [0.25, 0.3) is 0 Å². The summed E-state index contributed by atoms with van der Waals surface area (Å²) in [5.74, 6) is -0.539. The molecule has 92 valence electrons. The Hall–Kier alpha value is -2.15. The van der Waals surface area contributed by atoms with Gasteiger partial charge < -0.3 is 21.5 Å². The molecule has 0 aliphatic carbocycles. The Morgan fingerprint density at radius 2 is 2.24 bits per heavy atom. The van der Waals surface area contributed by atoms with Crippen molar-refractivity contribution in [3.05, 3.63) is 23.9 Å². The van der Waals surface area contributed by atoms with Gasteiger partial charge in [0.1, 0.15) is 12.4 Å². The number of carbonyl (C=O) groups excluding carboxylic acids is 2. The molecule has 0 aromatic carbocycles. The Kier molecular flexibility index (Phi) is 4.89. The number of hydrogen-bond acceptors (Lipinski definition) is 5. The monoisotopic (exact) mass is 238 g/mol. The van der Waals surface area contributed by atoms with Crippen LogP contribution in [-0.4, -0.2) is 36.6 Å². The summed E-state index contributed by atoms with van der Waals surface area (Å²) in [4.78, 5) is 25.7. The van der Waals surface area contributed by atoms with E-state index in [2.05, 4.69) is 10.3 Å². The number of nitrogen functional groups attached to an aromatic ring is 1. The van der Waals surface area contributed by atoms with Crippen molar-refractivity contribution in [2.24, 2.45) is 5.73 Å². The predicted molar refractivity (Wildman–Crippen MR) is 61.0 cm³/mol. The van der Waals surface area contributed by atoms with E-state index in [1.54, 1.807) is 6.07 Å². The average Bonchev–Trinajstić information content (AvgIpc) is 2.28. The van der Waals surface area contributed by atoms with Gasteiger partial charge in [-0.1, -0.05) is 0 Å². The summed E-state index contributed by atoms with van der Waals surface area (Å²) < 4.78 is 4.88. The molecular weight excluding hydrogens is 224 g/mol. The van der Waals surface area contributed by atoms with Crippen LogP contribution in [0, 0.1) is 0 Å². The molecule has 0 aliphatic heterocycles. The normalized spacial score (nSPS) is 9.88. The van der Waals surface area contributed by atoms with Gasteiger partial charge in [0, 0.05) is 18.3 Å². The van der Waals surface area contributed by atoms with Gasteiger partial charge in [-0.3, -0.25) is 9.59 Å². The lowest BCUT2D eigenvalue weighted by molar-refractivity contribution is -0.122. The Morgan fingerprint density at radius 3 is 2.88 bits per heavy atom. The zero-order chi connectivity index (χ0) is 12.7. The number of nitrogens with zero attached hydrogens (tertiary/aromatic N) is 1. The highest BCUT2D eigenvalue weighted by atomic mass is 16.5. The van der Waals surface area contributed by atoms with Crippen molar-refractivity contribution < 1.29 is 14.3 Å². The fourth-order valence-corrected chi connectivity index (χ4v) is 1.10. The highest BCUT2D eigenvalue weighted by molar-refractivity contribution is 5.94. The van der Waals surface area contributed by atoms with Crippen LogP contribution in [0.4, 0.5) is 5.82 Å². The summed E-state index contributed by atoms with van der Waals surface area (Å²) in [6.45, 7) is 0.349. The maximum absolute atomic E-state index is 11.6. The smallest absolute Gasteiger partial charge is 0.251 e. The number of amides is 2. The molecule has 7 heteroatoms. The van der Waals surface area contributed by atoms with Gasteiger partial charge in [0.15, 0.2) is 0 Å². The van der Waals surface area contributed by atoms with Gasteiger partial charge in [-0.25, -0.2) is 4.98 Å². The van der Waals surface area contributed by atoms with Crippen molar-refractivity contribution in [2.45, 2.75) is 0 Å². The van der Waals surface area contributed by atoms with E-state index in [-0.39, 0.29) is 31.5 Å². The van der Waals surface area contributed by atoms with Crippen molar-refractivity contribution in [1.29, 1.82) is 0 Å². The number of carbonyl (C=O) groups is 2. The number of anilines is 1. The van der Waals surface area contributed by atoms with Crippen molar-refractivity contribution in [3.63, 3.8) is 0 Å². The summed E-state index contributed by atoms with van der Waals surface area (Å²) in [6.07, 6.45) is 1.45. The fraction of sp³-hybridized carbons (Fsp3) is 0.300. The number of nitrogens with one attached hydrogen (secondary N) is 1. The van der Waals surface area contributed by atoms with E-state index in [1.807, 2.05) is 0 Å². The van der Waals surface area contributed by atoms with Crippen LogP contribution in [-0.2, 0) is 9.53 Å². The van der Waals surface area contributed by atoms with E-state index in [4.69, 9.17) is 16.2 Å². The van der Waals surface area contributed by atoms with Crippen LogP contribution in [0.5, 0.6) is 0 Å². The lowest BCUT2D eigenvalue weighted by atomic mass is 10.2. The standard InChI is InChI=1S/C10H14N4O3/c11-8-5-7(1-2-13-8)10(16)14-3-4-17-6-9(12)15/h1-2,5H,3-4,6H2,(H2,11,13)(H2,12,15)(H,14,16). The second-order valence-corrected chi connectivity index (χ2v) is 3.24. The molecule has 0 aliphatic rings. The lowest BCUT2D eigenvalue weighted by Crippen LogP contribution is -2.28. The SMILES string of the molecule is NC(=O)COCCNC(=O)c1ccnc(N)c1. The minimum atomic E-state index is -0.543. The molecule has 0 spiro atoms. The van der Waals surface area contributed by atoms with Gasteiger partial charge in [0.2, 0.25) is 5.91 Å². The molecule has 1 aromatic rings. The number of primary amides is 1. The Bertz CT molecular complexity index is 408. The van der Waals surface area contributed by atoms with Gasteiger partial charge in [-0.15, -0.1) is 0 Å². The molecule has 0 saturated carbocycles. The second kappa shape index (κ2) is 6.44. The third-order valence-corrected chi connectivity index (χ3v) is 1.82. The van der Waals surface area contributed by atoms with Crippen LogP contribution in [0.2, 0.25) is 0 Å². The van der Waals surface area contributed by atoms with Gasteiger partial charge in [0.05, 0.1) is 6.61 Å². The number of rotatable bonds is 6. The number of ether oxygens (including phenoxy) is 1. The van der Waals surface area contributed by atoms with Crippen molar-refractivity contribution in [2.75, 3.05) is 25.5 Å². The molecule has 1 rings (SSSR count). The first-order valence-electron chi connectivity index (χ1n) is 4.95. The van der Waals surface area contributed by atoms with Gasteiger partial charge >= 0.3 is 0 Å². The molecule has 17 heavy (non-hydrogen) atoms. The van der Waals surface area contributed by atoms with Gasteiger partial charge in [-0.05, 0) is 12.1 Å². The molecule has 7 nitrogen and oxygen atoms in total. The lowest BCUT2D eigenvalue weighted by Gasteiger charge is -2.05. The Balaban J connectivity index is 2.28. The number of aromatic nitrogens is 1. The quantitative estimate of drug-likeness (QED) is 0.543. The third-order valence-electron chi connectivity index (χ3n) is 1.82. The molecule has 0 saturated heterocycles. The van der Waals surface area contributed by atoms with Gasteiger partial charge in [-0.2, -0.15) is 0 Å². The maximum atomic E-state index is 11.6. The Labute approximate surface area is 98.1 Å². The van der Waals surface area contributed by atoms with Gasteiger partial charge in [0.25, 0.3) is 5.91 Å². The topological polar surface area (TPSA) is 120 Å². The minimum absolute atomic E-state index is 0.155. The predicted octanol–water partition coefficient (Wildman–Crippen LogP) is -1.10. The maximum Gasteiger partial charge on any atom is 0.251 e. The number of hydrogen-bond donors (Lipinski definition) is 3. The molecule has 2 amide bonds. The van der Waals surface area contributed by atoms with E-state index in [0.717, 1.165) is 0 Å². The van der Waals surface area contributed by atoms with Crippen LogP contribution in [0.15, 0.2) is 18.3 Å². The first-order valence-corrected chi connectivity index (χ1v) is 4.95. The van der Waals surface area contributed by atoms with E-state index < -0.39 is 5.91 Å². The third kappa shape index (κ3) is 4.94. The first-order chi connectivity index (χ1) is 8.09. The fourth-order valence-electron chi connectivity index (χ4n) is 1.10. The summed E-state index contributed by atoms with van der Waals surface area (Å²) in [5.41, 5.74) is 10.7. The Morgan fingerprint density at radius 1 is 1.47 bits per heavy atom. The van der Waals surface area contributed by atoms with Crippen molar-refractivity contribution in [3.8, 4) is 0 Å².